The minimum absolute atomic E-state index is 0.00111. The third-order valence-electron chi connectivity index (χ3n) is 5.05. The molecule has 1 N–H and O–H groups in total. The number of para-hydroxylation sites is 2. The smallest absolute Gasteiger partial charge is 0.308 e. The van der Waals surface area contributed by atoms with Crippen LogP contribution in [0, 0.1) is 0 Å². The van der Waals surface area contributed by atoms with E-state index < -0.39 is 5.97 Å². The number of ether oxygens (including phenoxy) is 1. The first kappa shape index (κ1) is 16.4. The van der Waals surface area contributed by atoms with Crippen LogP contribution in [0.5, 0.6) is 11.5 Å². The number of fused-ring (bicyclic) bond motifs is 5. The molecular weight excluding hydrogens is 358 g/mol. The summed E-state index contributed by atoms with van der Waals surface area (Å²) >= 11 is 0. The van der Waals surface area contributed by atoms with E-state index in [1.165, 1.54) is 6.92 Å². The number of hydrogen-bond acceptors (Lipinski definition) is 5. The summed E-state index contributed by atoms with van der Waals surface area (Å²) in [5.41, 5.74) is 1.34. The summed E-state index contributed by atoms with van der Waals surface area (Å²) in [7, 11) is 1.81. The number of hydrogen-bond donors (Lipinski definition) is 1. The Hall–Kier alpha value is -3.80. The van der Waals surface area contributed by atoms with Gasteiger partial charge in [0, 0.05) is 24.9 Å². The van der Waals surface area contributed by atoms with Crippen molar-refractivity contribution in [3.63, 3.8) is 0 Å². The van der Waals surface area contributed by atoms with E-state index >= 15 is 0 Å². The Morgan fingerprint density at radius 1 is 1.04 bits per heavy atom. The van der Waals surface area contributed by atoms with Crippen LogP contribution < -0.4 is 10.2 Å². The normalized spacial score (nSPS) is 11.6. The van der Waals surface area contributed by atoms with Crippen molar-refractivity contribution in [2.24, 2.45) is 7.05 Å². The lowest BCUT2D eigenvalue weighted by Gasteiger charge is -2.11. The van der Waals surface area contributed by atoms with E-state index in [9.17, 15) is 14.7 Å². The Bertz CT molecular complexity index is 1510. The number of benzene rings is 3. The highest BCUT2D eigenvalue weighted by Crippen LogP contribution is 2.46. The molecule has 0 aliphatic carbocycles. The largest absolute Gasteiger partial charge is 0.506 e. The van der Waals surface area contributed by atoms with Gasteiger partial charge in [-0.2, -0.15) is 0 Å². The molecule has 6 heteroatoms. The van der Waals surface area contributed by atoms with Crippen LogP contribution in [0.25, 0.3) is 43.7 Å². The van der Waals surface area contributed by atoms with Gasteiger partial charge >= 0.3 is 5.97 Å². The molecule has 2 aromatic heterocycles. The minimum Gasteiger partial charge on any atom is -0.506 e. The highest BCUT2D eigenvalue weighted by atomic mass is 16.5. The van der Waals surface area contributed by atoms with Crippen LogP contribution in [-0.2, 0) is 11.8 Å². The van der Waals surface area contributed by atoms with Crippen LogP contribution in [0.2, 0.25) is 0 Å². The average molecular weight is 373 g/mol. The Balaban J connectivity index is 2.16. The predicted octanol–water partition coefficient (Wildman–Crippen LogP) is 4.22. The van der Waals surface area contributed by atoms with Crippen molar-refractivity contribution < 1.29 is 19.1 Å². The second kappa shape index (κ2) is 5.60. The van der Waals surface area contributed by atoms with Gasteiger partial charge in [-0.15, -0.1) is 0 Å². The zero-order valence-electron chi connectivity index (χ0n) is 15.1. The van der Waals surface area contributed by atoms with Crippen LogP contribution in [0.15, 0.2) is 57.7 Å². The molecule has 0 unspecified atom stereocenters. The van der Waals surface area contributed by atoms with Gasteiger partial charge in [-0.1, -0.05) is 30.3 Å². The van der Waals surface area contributed by atoms with E-state index in [0.717, 1.165) is 10.9 Å². The number of aromatic nitrogens is 1. The van der Waals surface area contributed by atoms with Crippen LogP contribution >= 0.6 is 0 Å². The van der Waals surface area contributed by atoms with E-state index in [1.54, 1.807) is 24.3 Å². The topological polar surface area (TPSA) is 81.7 Å². The Morgan fingerprint density at radius 2 is 1.71 bits per heavy atom. The Morgan fingerprint density at radius 3 is 2.46 bits per heavy atom. The number of aryl methyl sites for hydroxylation is 1. The summed E-state index contributed by atoms with van der Waals surface area (Å²) in [5, 5.41) is 12.7. The maximum atomic E-state index is 13.2. The van der Waals surface area contributed by atoms with Crippen molar-refractivity contribution in [1.82, 2.24) is 4.57 Å². The van der Waals surface area contributed by atoms with Gasteiger partial charge in [-0.05, 0) is 18.2 Å². The number of aromatic hydroxyl groups is 1. The number of phenols is 1. The SMILES string of the molecule is CC(=O)Oc1c2oc3ccccc3c(=O)c2c(O)c2c3ccccc3n(C)c12. The molecular formula is C22H15NO5. The van der Waals surface area contributed by atoms with Crippen LogP contribution in [0.4, 0.5) is 0 Å². The molecule has 0 atom stereocenters. The summed E-state index contributed by atoms with van der Waals surface area (Å²) in [5.74, 6) is -0.608. The summed E-state index contributed by atoms with van der Waals surface area (Å²) in [6.45, 7) is 1.28. The molecule has 0 saturated heterocycles. The third kappa shape index (κ3) is 2.02. The summed E-state index contributed by atoms with van der Waals surface area (Å²) in [4.78, 5) is 25.0. The van der Waals surface area contributed by atoms with Crippen molar-refractivity contribution in [3.8, 4) is 11.5 Å². The van der Waals surface area contributed by atoms with Gasteiger partial charge in [0.25, 0.3) is 0 Å². The van der Waals surface area contributed by atoms with Gasteiger partial charge in [-0.25, -0.2) is 0 Å². The minimum atomic E-state index is -0.547. The van der Waals surface area contributed by atoms with Gasteiger partial charge in [0.15, 0.2) is 11.3 Å². The van der Waals surface area contributed by atoms with Gasteiger partial charge in [0.05, 0.1) is 10.8 Å². The number of phenolic OH excluding ortho intramolecular Hbond substituents is 1. The third-order valence-corrected chi connectivity index (χ3v) is 5.05. The summed E-state index contributed by atoms with van der Waals surface area (Å²) in [6, 6.07) is 14.2. The molecule has 6 nitrogen and oxygen atoms in total. The lowest BCUT2D eigenvalue weighted by Crippen LogP contribution is -2.08. The first-order valence-electron chi connectivity index (χ1n) is 8.75. The number of esters is 1. The fourth-order valence-electron chi connectivity index (χ4n) is 3.89. The van der Waals surface area contributed by atoms with E-state index in [4.69, 9.17) is 9.15 Å². The molecule has 0 aliphatic heterocycles. The number of rotatable bonds is 1. The molecule has 0 radical (unpaired) electrons. The van der Waals surface area contributed by atoms with Gasteiger partial charge in [-0.3, -0.25) is 9.59 Å². The molecule has 0 bridgehead atoms. The average Bonchev–Trinajstić information content (AvgIpc) is 2.98. The number of carbonyl (C=O) groups is 1. The second-order valence-electron chi connectivity index (χ2n) is 6.70. The van der Waals surface area contributed by atoms with E-state index in [1.807, 2.05) is 35.9 Å². The maximum absolute atomic E-state index is 13.2. The summed E-state index contributed by atoms with van der Waals surface area (Å²) < 4.78 is 13.3. The van der Waals surface area contributed by atoms with E-state index in [2.05, 4.69) is 0 Å². The summed E-state index contributed by atoms with van der Waals surface area (Å²) in [6.07, 6.45) is 0. The van der Waals surface area contributed by atoms with Gasteiger partial charge in [0.2, 0.25) is 5.43 Å². The molecule has 0 saturated carbocycles. The Labute approximate surface area is 158 Å². The van der Waals surface area contributed by atoms with Crippen LogP contribution in [-0.4, -0.2) is 15.6 Å². The van der Waals surface area contributed by atoms with Gasteiger partial charge < -0.3 is 18.8 Å². The van der Waals surface area contributed by atoms with Crippen molar-refractivity contribution in [1.29, 1.82) is 0 Å². The zero-order valence-corrected chi connectivity index (χ0v) is 15.1. The number of carbonyl (C=O) groups excluding carboxylic acids is 1. The lowest BCUT2D eigenvalue weighted by molar-refractivity contribution is -0.131. The molecule has 0 spiro atoms. The molecule has 3 aromatic carbocycles. The zero-order chi connectivity index (χ0) is 19.6. The standard InChI is InChI=1S/C22H15NO5/c1-11(24)27-22-18-16(12-7-3-5-9-14(12)23(18)2)20(26)17-19(25)13-8-4-6-10-15(13)28-21(17)22/h3-10,26H,1-2H3. The van der Waals surface area contributed by atoms with E-state index in [0.29, 0.717) is 21.9 Å². The molecule has 138 valence electrons. The number of nitrogens with zero attached hydrogens (tertiary/aromatic N) is 1. The lowest BCUT2D eigenvalue weighted by atomic mass is 10.1. The fourth-order valence-corrected chi connectivity index (χ4v) is 3.89. The van der Waals surface area contributed by atoms with Gasteiger partial charge in [0.1, 0.15) is 22.2 Å². The highest BCUT2D eigenvalue weighted by molar-refractivity contribution is 6.20. The molecule has 28 heavy (non-hydrogen) atoms. The first-order chi connectivity index (χ1) is 13.5. The molecule has 5 aromatic rings. The molecule has 0 aliphatic rings. The predicted molar refractivity (Wildman–Crippen MR) is 107 cm³/mol. The monoisotopic (exact) mass is 373 g/mol. The molecule has 5 rings (SSSR count). The molecule has 0 amide bonds. The highest BCUT2D eigenvalue weighted by Gasteiger charge is 2.26. The van der Waals surface area contributed by atoms with Crippen LogP contribution in [0.1, 0.15) is 6.92 Å². The first-order valence-corrected chi connectivity index (χ1v) is 8.75. The molecule has 0 fully saturated rings. The second-order valence-corrected chi connectivity index (χ2v) is 6.70. The molecule has 2 heterocycles. The van der Waals surface area contributed by atoms with E-state index in [-0.39, 0.29) is 27.9 Å². The van der Waals surface area contributed by atoms with Crippen molar-refractivity contribution in [2.45, 2.75) is 6.92 Å². The maximum Gasteiger partial charge on any atom is 0.308 e. The van der Waals surface area contributed by atoms with Crippen LogP contribution in [0.3, 0.4) is 0 Å². The quantitative estimate of drug-likeness (QED) is 0.270. The van der Waals surface area contributed by atoms with Crippen molar-refractivity contribution in [2.75, 3.05) is 0 Å². The Kier molecular flexibility index (Phi) is 3.27. The fraction of sp³-hybridized carbons (Fsp3) is 0.0909. The van der Waals surface area contributed by atoms with Crippen molar-refractivity contribution >= 4 is 49.7 Å². The van der Waals surface area contributed by atoms with Crippen molar-refractivity contribution in [3.05, 3.63) is 58.8 Å².